The molecule has 3 aromatic carbocycles. The molecule has 0 bridgehead atoms. The van der Waals surface area contributed by atoms with Crippen LogP contribution in [0.4, 0.5) is 0 Å². The molecule has 34 heavy (non-hydrogen) atoms. The zero-order chi connectivity index (χ0) is 24.3. The van der Waals surface area contributed by atoms with Crippen molar-refractivity contribution in [3.8, 4) is 0 Å². The maximum absolute atomic E-state index is 13.8. The molecule has 0 saturated carbocycles. The maximum Gasteiger partial charge on any atom is 0.197 e. The van der Waals surface area contributed by atoms with Crippen molar-refractivity contribution in [2.75, 3.05) is 0 Å². The van der Waals surface area contributed by atoms with Gasteiger partial charge in [0.05, 0.1) is 22.1 Å². The van der Waals surface area contributed by atoms with Crippen LogP contribution in [0.15, 0.2) is 46.0 Å². The molecule has 5 aromatic rings. The molecule has 0 atom stereocenters. The van der Waals surface area contributed by atoms with Crippen molar-refractivity contribution in [3.05, 3.63) is 79.1 Å². The Hall–Kier alpha value is -3.40. The first-order valence-corrected chi connectivity index (χ1v) is 12.3. The zero-order valence-corrected chi connectivity index (χ0v) is 21.0. The Kier molecular flexibility index (Phi) is 5.35. The van der Waals surface area contributed by atoms with E-state index in [1.165, 1.54) is 0 Å². The second kappa shape index (κ2) is 8.12. The summed E-state index contributed by atoms with van der Waals surface area (Å²) < 4.78 is 4.47. The van der Waals surface area contributed by atoms with Gasteiger partial charge < -0.3 is 9.13 Å². The van der Waals surface area contributed by atoms with Gasteiger partial charge in [0.25, 0.3) is 0 Å². The Labute approximate surface area is 199 Å². The lowest BCUT2D eigenvalue weighted by atomic mass is 9.99. The number of pyridine rings is 2. The van der Waals surface area contributed by atoms with E-state index in [0.29, 0.717) is 10.8 Å². The molecule has 174 valence electrons. The number of benzene rings is 3. The van der Waals surface area contributed by atoms with Crippen LogP contribution in [0.3, 0.4) is 0 Å². The molecular weight excluding hydrogens is 420 g/mol. The van der Waals surface area contributed by atoms with Gasteiger partial charge in [-0.1, -0.05) is 26.0 Å². The highest BCUT2D eigenvalue weighted by molar-refractivity contribution is 6.04. The van der Waals surface area contributed by atoms with Gasteiger partial charge in [-0.3, -0.25) is 9.59 Å². The number of hydrogen-bond donors (Lipinski definition) is 0. The summed E-state index contributed by atoms with van der Waals surface area (Å²) >= 11 is 0. The molecule has 0 N–H and O–H groups in total. The highest BCUT2D eigenvalue weighted by Gasteiger charge is 2.18. The lowest BCUT2D eigenvalue weighted by Gasteiger charge is -2.20. The molecule has 0 aliphatic carbocycles. The summed E-state index contributed by atoms with van der Waals surface area (Å²) in [5.74, 6) is 0. The minimum Gasteiger partial charge on any atom is -0.340 e. The predicted molar refractivity (Wildman–Crippen MR) is 145 cm³/mol. The fraction of sp³-hybridized carbons (Fsp3) is 0.333. The van der Waals surface area contributed by atoms with Crippen molar-refractivity contribution < 1.29 is 0 Å². The average Bonchev–Trinajstić information content (AvgIpc) is 2.77. The molecule has 0 aliphatic heterocycles. The van der Waals surface area contributed by atoms with Crippen LogP contribution >= 0.6 is 0 Å². The summed E-state index contributed by atoms with van der Waals surface area (Å²) in [4.78, 5) is 27.7. The van der Waals surface area contributed by atoms with E-state index in [9.17, 15) is 9.59 Å². The first-order chi connectivity index (χ1) is 16.3. The van der Waals surface area contributed by atoms with Gasteiger partial charge >= 0.3 is 0 Å². The van der Waals surface area contributed by atoms with E-state index in [-0.39, 0.29) is 10.9 Å². The summed E-state index contributed by atoms with van der Waals surface area (Å²) in [7, 11) is 0. The molecule has 0 spiro atoms. The molecule has 0 amide bonds. The summed E-state index contributed by atoms with van der Waals surface area (Å²) in [5, 5.41) is 2.94. The monoisotopic (exact) mass is 452 g/mol. The van der Waals surface area contributed by atoms with Crippen LogP contribution in [0, 0.1) is 27.7 Å². The first kappa shape index (κ1) is 22.4. The Balaban J connectivity index is 2.10. The molecule has 0 saturated heterocycles. The van der Waals surface area contributed by atoms with Gasteiger partial charge in [0.1, 0.15) is 0 Å². The second-order valence-corrected chi connectivity index (χ2v) is 9.80. The van der Waals surface area contributed by atoms with Crippen LogP contribution in [0.5, 0.6) is 0 Å². The van der Waals surface area contributed by atoms with Crippen molar-refractivity contribution in [2.24, 2.45) is 0 Å². The minimum absolute atomic E-state index is 0.0489. The smallest absolute Gasteiger partial charge is 0.197 e. The molecule has 0 radical (unpaired) electrons. The van der Waals surface area contributed by atoms with E-state index in [1.54, 1.807) is 0 Å². The Morgan fingerprint density at radius 3 is 1.29 bits per heavy atom. The van der Waals surface area contributed by atoms with Gasteiger partial charge in [-0.25, -0.2) is 0 Å². The molecule has 2 heterocycles. The largest absolute Gasteiger partial charge is 0.340 e. The van der Waals surface area contributed by atoms with Crippen molar-refractivity contribution in [1.82, 2.24) is 9.13 Å². The molecule has 0 aliphatic rings. The second-order valence-electron chi connectivity index (χ2n) is 9.80. The maximum atomic E-state index is 13.8. The number of aryl methyl sites for hydroxylation is 6. The number of fused-ring (bicyclic) bond motifs is 4. The van der Waals surface area contributed by atoms with Crippen molar-refractivity contribution >= 4 is 43.6 Å². The zero-order valence-electron chi connectivity index (χ0n) is 21.0. The average molecular weight is 453 g/mol. The topological polar surface area (TPSA) is 44.0 Å². The predicted octanol–water partition coefficient (Wildman–Crippen LogP) is 6.68. The number of aromatic nitrogens is 2. The lowest BCUT2D eigenvalue weighted by Crippen LogP contribution is -2.17. The van der Waals surface area contributed by atoms with E-state index in [0.717, 1.165) is 81.0 Å². The molecule has 4 nitrogen and oxygen atoms in total. The molecule has 2 aromatic heterocycles. The quantitative estimate of drug-likeness (QED) is 0.286. The van der Waals surface area contributed by atoms with Gasteiger partial charge in [-0.15, -0.1) is 0 Å². The van der Waals surface area contributed by atoms with Gasteiger partial charge in [-0.2, -0.15) is 0 Å². The van der Waals surface area contributed by atoms with E-state index in [2.05, 4.69) is 61.1 Å². The highest BCUT2D eigenvalue weighted by atomic mass is 16.1. The van der Waals surface area contributed by atoms with Crippen LogP contribution < -0.4 is 10.9 Å². The van der Waals surface area contributed by atoms with Gasteiger partial charge in [-0.05, 0) is 87.1 Å². The van der Waals surface area contributed by atoms with Gasteiger partial charge in [0, 0.05) is 34.6 Å². The highest BCUT2D eigenvalue weighted by Crippen LogP contribution is 2.29. The standard InChI is InChI=1S/C30H32N2O2/c1-7-9-31-23-15-22-24(16-21(23)29(33)27-19(5)11-17(3)13-25(27)31)32(10-8-2)26-14-18(4)12-20(6)28(26)30(22)34/h11-16H,7-10H2,1-6H3. The van der Waals surface area contributed by atoms with Crippen molar-refractivity contribution in [1.29, 1.82) is 0 Å². The number of rotatable bonds is 4. The summed E-state index contributed by atoms with van der Waals surface area (Å²) in [5.41, 5.74) is 7.98. The summed E-state index contributed by atoms with van der Waals surface area (Å²) in [6.07, 6.45) is 1.88. The van der Waals surface area contributed by atoms with E-state index in [4.69, 9.17) is 0 Å². The number of nitrogens with zero attached hydrogens (tertiary/aromatic N) is 2. The fourth-order valence-corrected chi connectivity index (χ4v) is 5.75. The third-order valence-electron chi connectivity index (χ3n) is 7.03. The third-order valence-corrected chi connectivity index (χ3v) is 7.03. The van der Waals surface area contributed by atoms with Crippen LogP contribution in [0.2, 0.25) is 0 Å². The molecule has 0 fully saturated rings. The van der Waals surface area contributed by atoms with Gasteiger partial charge in [0.15, 0.2) is 10.9 Å². The molecule has 0 unspecified atom stereocenters. The third kappa shape index (κ3) is 3.19. The number of hydrogen-bond acceptors (Lipinski definition) is 2. The molecular formula is C30H32N2O2. The summed E-state index contributed by atoms with van der Waals surface area (Å²) in [6, 6.07) is 12.3. The first-order valence-electron chi connectivity index (χ1n) is 12.3. The van der Waals surface area contributed by atoms with E-state index >= 15 is 0 Å². The molecule has 5 rings (SSSR count). The van der Waals surface area contributed by atoms with Crippen LogP contribution in [0.1, 0.15) is 48.9 Å². The van der Waals surface area contributed by atoms with Crippen LogP contribution in [-0.4, -0.2) is 9.13 Å². The van der Waals surface area contributed by atoms with Crippen LogP contribution in [0.25, 0.3) is 43.6 Å². The Morgan fingerprint density at radius 1 is 0.559 bits per heavy atom. The van der Waals surface area contributed by atoms with E-state index < -0.39 is 0 Å². The van der Waals surface area contributed by atoms with Crippen molar-refractivity contribution in [3.63, 3.8) is 0 Å². The molecule has 4 heteroatoms. The SMILES string of the molecule is CCCn1c2cc3c(=O)c4c(C)cc(C)cc4n(CCC)c3cc2c(=O)c2c(C)cc(C)cc21. The van der Waals surface area contributed by atoms with Gasteiger partial charge in [0.2, 0.25) is 0 Å². The van der Waals surface area contributed by atoms with Crippen LogP contribution in [-0.2, 0) is 13.1 Å². The minimum atomic E-state index is 0.0489. The lowest BCUT2D eigenvalue weighted by molar-refractivity contribution is 0.717. The fourth-order valence-electron chi connectivity index (χ4n) is 5.75. The Morgan fingerprint density at radius 2 is 0.941 bits per heavy atom. The Bertz CT molecular complexity index is 1620. The van der Waals surface area contributed by atoms with E-state index in [1.807, 2.05) is 26.0 Å². The normalized spacial score (nSPS) is 11.9. The summed E-state index contributed by atoms with van der Waals surface area (Å²) in [6.45, 7) is 14.0. The van der Waals surface area contributed by atoms with Crippen molar-refractivity contribution in [2.45, 2.75) is 67.5 Å².